The van der Waals surface area contributed by atoms with E-state index in [1.807, 2.05) is 0 Å². The molecule has 1 aromatic rings. The molecule has 2 aliphatic heterocycles. The Labute approximate surface area is 174 Å². The van der Waals surface area contributed by atoms with Gasteiger partial charge in [0.25, 0.3) is 0 Å². The van der Waals surface area contributed by atoms with Gasteiger partial charge in [0, 0.05) is 51.2 Å². The maximum atomic E-state index is 12.6. The number of halogens is 2. The summed E-state index contributed by atoms with van der Waals surface area (Å²) in [5, 5.41) is 3.39. The Morgan fingerprint density at radius 1 is 1.07 bits per heavy atom. The first-order valence-corrected chi connectivity index (χ1v) is 9.69. The number of nitrogens with one attached hydrogen (secondary N) is 1. The van der Waals surface area contributed by atoms with Crippen LogP contribution in [0.15, 0.2) is 24.3 Å². The van der Waals surface area contributed by atoms with Crippen molar-refractivity contribution >= 4 is 30.7 Å². The standard InChI is InChI=1S/C20H29N3O2.2ClH/c24-20(14-18-15-25-11-6-21-18)23-8-3-7-22(9-10-23)19-12-16-4-1-2-5-17(16)13-19;;/h1-2,4-5,18-19,21H,3,6-15H2;2*1H. The minimum absolute atomic E-state index is 0. The number of benzene rings is 1. The van der Waals surface area contributed by atoms with Crippen LogP contribution in [0.3, 0.4) is 0 Å². The average molecular weight is 416 g/mol. The van der Waals surface area contributed by atoms with Crippen LogP contribution in [0.25, 0.3) is 0 Å². The maximum absolute atomic E-state index is 12.6. The van der Waals surface area contributed by atoms with Gasteiger partial charge in [0.05, 0.1) is 13.2 Å². The molecule has 0 spiro atoms. The second-order valence-corrected chi connectivity index (χ2v) is 7.53. The van der Waals surface area contributed by atoms with Gasteiger partial charge in [-0.25, -0.2) is 0 Å². The summed E-state index contributed by atoms with van der Waals surface area (Å²) < 4.78 is 5.47. The van der Waals surface area contributed by atoms with E-state index in [-0.39, 0.29) is 36.8 Å². The molecule has 1 atom stereocenters. The van der Waals surface area contributed by atoms with Crippen LogP contribution in [-0.2, 0) is 22.4 Å². The van der Waals surface area contributed by atoms with E-state index in [0.29, 0.717) is 19.1 Å². The molecule has 7 heteroatoms. The molecular weight excluding hydrogens is 385 g/mol. The topological polar surface area (TPSA) is 44.8 Å². The van der Waals surface area contributed by atoms with E-state index in [4.69, 9.17) is 4.74 Å². The van der Waals surface area contributed by atoms with Crippen molar-refractivity contribution in [2.45, 2.75) is 37.8 Å². The number of carbonyl (C=O) groups excluding carboxylic acids is 1. The third-order valence-electron chi connectivity index (χ3n) is 5.85. The predicted octanol–water partition coefficient (Wildman–Crippen LogP) is 1.91. The van der Waals surface area contributed by atoms with Gasteiger partial charge in [0.15, 0.2) is 0 Å². The van der Waals surface area contributed by atoms with Crippen molar-refractivity contribution < 1.29 is 9.53 Å². The summed E-state index contributed by atoms with van der Waals surface area (Å²) in [5.41, 5.74) is 3.01. The third-order valence-corrected chi connectivity index (χ3v) is 5.85. The van der Waals surface area contributed by atoms with Gasteiger partial charge in [-0.3, -0.25) is 9.69 Å². The first-order valence-electron chi connectivity index (χ1n) is 9.69. The van der Waals surface area contributed by atoms with E-state index in [2.05, 4.69) is 39.4 Å². The first-order chi connectivity index (χ1) is 12.3. The molecule has 0 bridgehead atoms. The second kappa shape index (κ2) is 10.6. The zero-order valence-electron chi connectivity index (χ0n) is 15.8. The Bertz CT molecular complexity index is 586. The molecule has 1 amide bonds. The minimum Gasteiger partial charge on any atom is -0.378 e. The number of hydrogen-bond donors (Lipinski definition) is 1. The van der Waals surface area contributed by atoms with E-state index in [1.165, 1.54) is 11.1 Å². The zero-order valence-corrected chi connectivity index (χ0v) is 17.4. The molecule has 5 nitrogen and oxygen atoms in total. The van der Waals surface area contributed by atoms with Gasteiger partial charge in [-0.15, -0.1) is 24.8 Å². The van der Waals surface area contributed by atoms with Crippen LogP contribution in [0.5, 0.6) is 0 Å². The van der Waals surface area contributed by atoms with Gasteiger partial charge >= 0.3 is 0 Å². The van der Waals surface area contributed by atoms with Crippen molar-refractivity contribution in [2.24, 2.45) is 0 Å². The molecule has 2 saturated heterocycles. The Morgan fingerprint density at radius 3 is 2.48 bits per heavy atom. The summed E-state index contributed by atoms with van der Waals surface area (Å²) in [4.78, 5) is 17.3. The molecule has 0 aromatic heterocycles. The molecular formula is C20H31Cl2N3O2. The number of amides is 1. The van der Waals surface area contributed by atoms with Crippen LogP contribution in [0.4, 0.5) is 0 Å². The van der Waals surface area contributed by atoms with Gasteiger partial charge in [-0.1, -0.05) is 24.3 Å². The van der Waals surface area contributed by atoms with E-state index < -0.39 is 0 Å². The molecule has 27 heavy (non-hydrogen) atoms. The van der Waals surface area contributed by atoms with E-state index in [9.17, 15) is 4.79 Å². The summed E-state index contributed by atoms with van der Waals surface area (Å²) in [5.74, 6) is 0.277. The highest BCUT2D eigenvalue weighted by Gasteiger charge is 2.29. The fourth-order valence-corrected chi connectivity index (χ4v) is 4.44. The lowest BCUT2D eigenvalue weighted by molar-refractivity contribution is -0.132. The third kappa shape index (κ3) is 5.58. The van der Waals surface area contributed by atoms with Crippen LogP contribution in [-0.4, -0.2) is 73.7 Å². The Kier molecular flexibility index (Phi) is 8.83. The summed E-state index contributed by atoms with van der Waals surface area (Å²) in [6.45, 7) is 6.13. The maximum Gasteiger partial charge on any atom is 0.224 e. The fraction of sp³-hybridized carbons (Fsp3) is 0.650. The van der Waals surface area contributed by atoms with E-state index in [1.54, 1.807) is 0 Å². The number of morpholine rings is 1. The lowest BCUT2D eigenvalue weighted by Gasteiger charge is -2.28. The smallest absolute Gasteiger partial charge is 0.224 e. The summed E-state index contributed by atoms with van der Waals surface area (Å²) >= 11 is 0. The van der Waals surface area contributed by atoms with Crippen LogP contribution >= 0.6 is 24.8 Å². The van der Waals surface area contributed by atoms with Crippen molar-refractivity contribution in [3.8, 4) is 0 Å². The summed E-state index contributed by atoms with van der Waals surface area (Å²) in [6.07, 6.45) is 3.96. The van der Waals surface area contributed by atoms with Crippen LogP contribution in [0, 0.1) is 0 Å². The molecule has 0 radical (unpaired) electrons. The lowest BCUT2D eigenvalue weighted by Crippen LogP contribution is -2.46. The van der Waals surface area contributed by atoms with Crippen molar-refractivity contribution in [2.75, 3.05) is 45.9 Å². The highest BCUT2D eigenvalue weighted by Crippen LogP contribution is 2.26. The molecule has 152 valence electrons. The number of ether oxygens (including phenoxy) is 1. The number of fused-ring (bicyclic) bond motifs is 1. The molecule has 1 unspecified atom stereocenters. The van der Waals surface area contributed by atoms with Gasteiger partial charge in [0.2, 0.25) is 5.91 Å². The Morgan fingerprint density at radius 2 is 1.81 bits per heavy atom. The number of carbonyl (C=O) groups is 1. The minimum atomic E-state index is 0. The summed E-state index contributed by atoms with van der Waals surface area (Å²) in [7, 11) is 0. The van der Waals surface area contributed by atoms with E-state index >= 15 is 0 Å². The van der Waals surface area contributed by atoms with Crippen molar-refractivity contribution in [3.05, 3.63) is 35.4 Å². The van der Waals surface area contributed by atoms with Crippen molar-refractivity contribution in [1.29, 1.82) is 0 Å². The van der Waals surface area contributed by atoms with Gasteiger partial charge in [0.1, 0.15) is 0 Å². The highest BCUT2D eigenvalue weighted by molar-refractivity contribution is 5.85. The number of nitrogens with zero attached hydrogens (tertiary/aromatic N) is 2. The van der Waals surface area contributed by atoms with Gasteiger partial charge in [-0.2, -0.15) is 0 Å². The molecule has 2 fully saturated rings. The molecule has 0 saturated carbocycles. The largest absolute Gasteiger partial charge is 0.378 e. The molecule has 1 aliphatic carbocycles. The summed E-state index contributed by atoms with van der Waals surface area (Å²) in [6, 6.07) is 9.62. The Hall–Kier alpha value is -0.850. The quantitative estimate of drug-likeness (QED) is 0.818. The van der Waals surface area contributed by atoms with Gasteiger partial charge < -0.3 is 15.0 Å². The molecule has 1 N–H and O–H groups in total. The lowest BCUT2D eigenvalue weighted by atomic mass is 10.1. The van der Waals surface area contributed by atoms with Crippen LogP contribution in [0.1, 0.15) is 24.0 Å². The van der Waals surface area contributed by atoms with Crippen molar-refractivity contribution in [3.63, 3.8) is 0 Å². The predicted molar refractivity (Wildman–Crippen MR) is 112 cm³/mol. The fourth-order valence-electron chi connectivity index (χ4n) is 4.44. The average Bonchev–Trinajstić information content (AvgIpc) is 2.91. The monoisotopic (exact) mass is 415 g/mol. The number of hydrogen-bond acceptors (Lipinski definition) is 4. The van der Waals surface area contributed by atoms with Crippen LogP contribution < -0.4 is 5.32 Å². The molecule has 4 rings (SSSR count). The second-order valence-electron chi connectivity index (χ2n) is 7.53. The number of rotatable bonds is 3. The van der Waals surface area contributed by atoms with Gasteiger partial charge in [-0.05, 0) is 30.4 Å². The Balaban J connectivity index is 0.00000131. The molecule has 1 aromatic carbocycles. The highest BCUT2D eigenvalue weighted by atomic mass is 35.5. The van der Waals surface area contributed by atoms with Crippen LogP contribution in [0.2, 0.25) is 0 Å². The molecule has 2 heterocycles. The molecule has 3 aliphatic rings. The SMILES string of the molecule is Cl.Cl.O=C(CC1COCCN1)N1CCCN(C2Cc3ccccc3C2)CC1. The first kappa shape index (κ1) is 22.4. The van der Waals surface area contributed by atoms with Crippen molar-refractivity contribution in [1.82, 2.24) is 15.1 Å². The van der Waals surface area contributed by atoms with E-state index in [0.717, 1.165) is 58.6 Å². The zero-order chi connectivity index (χ0) is 17.1. The normalized spacial score (nSPS) is 23.7.